The predicted octanol–water partition coefficient (Wildman–Crippen LogP) is 2.07. The fraction of sp³-hybridized carbons (Fsp3) is 0.375. The summed E-state index contributed by atoms with van der Waals surface area (Å²) in [6, 6.07) is 10.2. The van der Waals surface area contributed by atoms with Crippen LogP contribution >= 0.6 is 11.8 Å². The molecule has 6 nitrogen and oxygen atoms in total. The van der Waals surface area contributed by atoms with Crippen molar-refractivity contribution in [1.82, 2.24) is 10.2 Å². The van der Waals surface area contributed by atoms with Gasteiger partial charge in [-0.05, 0) is 38.1 Å². The maximum atomic E-state index is 10.7. The quantitative estimate of drug-likeness (QED) is 0.455. The van der Waals surface area contributed by atoms with Gasteiger partial charge in [-0.3, -0.25) is 10.1 Å². The number of quaternary nitrogens is 1. The second-order valence-electron chi connectivity index (χ2n) is 5.12. The number of benzene rings is 1. The summed E-state index contributed by atoms with van der Waals surface area (Å²) in [5, 5.41) is 20.0. The molecule has 0 fully saturated rings. The molecule has 2 rings (SSSR count). The van der Waals surface area contributed by atoms with Gasteiger partial charge in [-0.25, -0.2) is 0 Å². The van der Waals surface area contributed by atoms with E-state index in [4.69, 9.17) is 0 Å². The molecule has 0 spiro atoms. The number of rotatable bonds is 8. The van der Waals surface area contributed by atoms with Crippen LogP contribution in [-0.2, 0) is 0 Å². The molecule has 0 saturated carbocycles. The van der Waals surface area contributed by atoms with Gasteiger partial charge in [0.05, 0.1) is 30.3 Å². The largest absolute Gasteiger partial charge is 0.335 e. The molecule has 1 heterocycles. The summed E-state index contributed by atoms with van der Waals surface area (Å²) in [5.41, 5.74) is 1.62. The molecule has 0 aliphatic heterocycles. The Morgan fingerprint density at radius 2 is 1.78 bits per heavy atom. The number of nitrogens with one attached hydrogen (secondary N) is 1. The van der Waals surface area contributed by atoms with Crippen LogP contribution in [0.1, 0.15) is 13.8 Å². The van der Waals surface area contributed by atoms with Gasteiger partial charge in [0.15, 0.2) is 0 Å². The molecule has 2 aromatic rings. The lowest BCUT2D eigenvalue weighted by atomic mass is 10.1. The molecule has 0 amide bonds. The fourth-order valence-electron chi connectivity index (χ4n) is 2.21. The summed E-state index contributed by atoms with van der Waals surface area (Å²) in [4.78, 5) is 11.8. The van der Waals surface area contributed by atoms with Gasteiger partial charge in [-0.2, -0.15) is 0 Å². The van der Waals surface area contributed by atoms with E-state index >= 15 is 0 Å². The minimum Gasteiger partial charge on any atom is -0.335 e. The molecule has 1 N–H and O–H groups in total. The number of nitro benzene ring substituents is 1. The minimum atomic E-state index is -0.410. The van der Waals surface area contributed by atoms with Crippen LogP contribution in [0.5, 0.6) is 0 Å². The molecule has 1 aromatic heterocycles. The van der Waals surface area contributed by atoms with Crippen molar-refractivity contribution in [2.24, 2.45) is 0 Å². The highest BCUT2D eigenvalue weighted by Gasteiger charge is 2.07. The second kappa shape index (κ2) is 8.59. The van der Waals surface area contributed by atoms with Crippen molar-refractivity contribution in [3.63, 3.8) is 0 Å². The van der Waals surface area contributed by atoms with Crippen molar-refractivity contribution in [2.45, 2.75) is 18.9 Å². The number of thioether (sulfide) groups is 1. The Bertz CT molecular complexity index is 628. The van der Waals surface area contributed by atoms with Gasteiger partial charge in [0.1, 0.15) is 5.03 Å². The molecule has 23 heavy (non-hydrogen) atoms. The first-order valence-corrected chi connectivity index (χ1v) is 8.67. The Labute approximate surface area is 140 Å². The maximum Gasteiger partial charge on any atom is 0.269 e. The van der Waals surface area contributed by atoms with Crippen LogP contribution < -0.4 is 4.90 Å². The SMILES string of the molecule is CC[NH+](CC)CCSc1ccc(-c2ccc([N+](=O)[O-])cc2)nn1. The molecule has 0 aliphatic carbocycles. The molecule has 1 aromatic carbocycles. The molecule has 0 atom stereocenters. The molecule has 0 unspecified atom stereocenters. The van der Waals surface area contributed by atoms with Crippen LogP contribution in [0.2, 0.25) is 0 Å². The maximum absolute atomic E-state index is 10.7. The van der Waals surface area contributed by atoms with E-state index in [1.54, 1.807) is 28.8 Å². The van der Waals surface area contributed by atoms with Crippen LogP contribution in [0.3, 0.4) is 0 Å². The van der Waals surface area contributed by atoms with Crippen molar-refractivity contribution >= 4 is 17.4 Å². The minimum absolute atomic E-state index is 0.0767. The lowest BCUT2D eigenvalue weighted by Crippen LogP contribution is -3.11. The van der Waals surface area contributed by atoms with Crippen LogP contribution in [0, 0.1) is 10.1 Å². The van der Waals surface area contributed by atoms with E-state index in [0.29, 0.717) is 0 Å². The summed E-state index contributed by atoms with van der Waals surface area (Å²) in [6.45, 7) is 7.79. The van der Waals surface area contributed by atoms with Gasteiger partial charge in [0, 0.05) is 23.4 Å². The third-order valence-electron chi connectivity index (χ3n) is 3.72. The summed E-state index contributed by atoms with van der Waals surface area (Å²) in [6.07, 6.45) is 0. The highest BCUT2D eigenvalue weighted by Crippen LogP contribution is 2.21. The standard InChI is InChI=1S/C16H20N4O2S/c1-3-19(4-2)11-12-23-16-10-9-15(17-18-16)13-5-7-14(8-6-13)20(21)22/h5-10H,3-4,11-12H2,1-2H3/p+1. The van der Waals surface area contributed by atoms with Gasteiger partial charge in [-0.1, -0.05) is 11.8 Å². The molecular formula is C16H21N4O2S+. The average Bonchev–Trinajstić information content (AvgIpc) is 2.59. The first-order chi connectivity index (χ1) is 11.1. The van der Waals surface area contributed by atoms with Crippen molar-refractivity contribution in [3.05, 3.63) is 46.5 Å². The lowest BCUT2D eigenvalue weighted by molar-refractivity contribution is -0.893. The topological polar surface area (TPSA) is 73.4 Å². The lowest BCUT2D eigenvalue weighted by Gasteiger charge is -2.14. The van der Waals surface area contributed by atoms with Crippen molar-refractivity contribution < 1.29 is 9.82 Å². The van der Waals surface area contributed by atoms with E-state index in [9.17, 15) is 10.1 Å². The molecule has 0 aliphatic rings. The summed E-state index contributed by atoms with van der Waals surface area (Å²) < 4.78 is 0. The number of nitro groups is 1. The Balaban J connectivity index is 1.95. The molecule has 7 heteroatoms. The van der Waals surface area contributed by atoms with E-state index in [2.05, 4.69) is 24.0 Å². The number of hydrogen-bond donors (Lipinski definition) is 1. The molecule has 0 saturated heterocycles. The third-order valence-corrected chi connectivity index (χ3v) is 4.64. The van der Waals surface area contributed by atoms with Crippen molar-refractivity contribution in [1.29, 1.82) is 0 Å². The van der Waals surface area contributed by atoms with Gasteiger partial charge < -0.3 is 4.90 Å². The first-order valence-electron chi connectivity index (χ1n) is 7.69. The monoisotopic (exact) mass is 333 g/mol. The van der Waals surface area contributed by atoms with Gasteiger partial charge in [-0.15, -0.1) is 10.2 Å². The number of nitrogens with zero attached hydrogens (tertiary/aromatic N) is 3. The van der Waals surface area contributed by atoms with Gasteiger partial charge >= 0.3 is 0 Å². The first kappa shape index (κ1) is 17.4. The highest BCUT2D eigenvalue weighted by atomic mass is 32.2. The molecular weight excluding hydrogens is 312 g/mol. The normalized spacial score (nSPS) is 10.9. The number of aromatic nitrogens is 2. The smallest absolute Gasteiger partial charge is 0.269 e. The summed E-state index contributed by atoms with van der Waals surface area (Å²) >= 11 is 1.71. The number of hydrogen-bond acceptors (Lipinski definition) is 5. The second-order valence-corrected chi connectivity index (χ2v) is 6.23. The van der Waals surface area contributed by atoms with Crippen LogP contribution in [0.4, 0.5) is 5.69 Å². The summed E-state index contributed by atoms with van der Waals surface area (Å²) in [5.74, 6) is 1.02. The molecule has 0 radical (unpaired) electrons. The van der Waals surface area contributed by atoms with Crippen LogP contribution in [0.15, 0.2) is 41.4 Å². The van der Waals surface area contributed by atoms with Gasteiger partial charge in [0.2, 0.25) is 0 Å². The third kappa shape index (κ3) is 5.01. The summed E-state index contributed by atoms with van der Waals surface area (Å²) in [7, 11) is 0. The van der Waals surface area contributed by atoms with E-state index in [0.717, 1.165) is 41.7 Å². The van der Waals surface area contributed by atoms with Crippen LogP contribution in [0.25, 0.3) is 11.3 Å². The van der Waals surface area contributed by atoms with Crippen LogP contribution in [-0.4, -0.2) is 40.5 Å². The zero-order chi connectivity index (χ0) is 16.7. The average molecular weight is 333 g/mol. The molecule has 122 valence electrons. The molecule has 0 bridgehead atoms. The zero-order valence-electron chi connectivity index (χ0n) is 13.4. The predicted molar refractivity (Wildman–Crippen MR) is 91.8 cm³/mol. The van der Waals surface area contributed by atoms with Gasteiger partial charge in [0.25, 0.3) is 5.69 Å². The Morgan fingerprint density at radius 3 is 2.30 bits per heavy atom. The van der Waals surface area contributed by atoms with E-state index in [1.807, 2.05) is 12.1 Å². The Hall–Kier alpha value is -1.99. The highest BCUT2D eigenvalue weighted by molar-refractivity contribution is 7.99. The number of non-ortho nitro benzene ring substituents is 1. The van der Waals surface area contributed by atoms with E-state index in [-0.39, 0.29) is 5.69 Å². The van der Waals surface area contributed by atoms with E-state index < -0.39 is 4.92 Å². The Kier molecular flexibility index (Phi) is 6.49. The van der Waals surface area contributed by atoms with Crippen molar-refractivity contribution in [2.75, 3.05) is 25.4 Å². The van der Waals surface area contributed by atoms with Crippen molar-refractivity contribution in [3.8, 4) is 11.3 Å². The fourth-order valence-corrected chi connectivity index (χ4v) is 3.07. The zero-order valence-corrected chi connectivity index (χ0v) is 14.2. The Morgan fingerprint density at radius 1 is 1.09 bits per heavy atom. The van der Waals surface area contributed by atoms with E-state index in [1.165, 1.54) is 12.1 Å².